The van der Waals surface area contributed by atoms with Gasteiger partial charge in [0.25, 0.3) is 5.91 Å². The summed E-state index contributed by atoms with van der Waals surface area (Å²) in [5.74, 6) is 0.719. The second-order valence-corrected chi connectivity index (χ2v) is 6.54. The molecule has 3 rings (SSSR count). The molecule has 0 saturated carbocycles. The molecule has 1 amide bonds. The number of ether oxygens (including phenoxy) is 1. The lowest BCUT2D eigenvalue weighted by atomic mass is 9.86. The Kier molecular flexibility index (Phi) is 4.37. The molecule has 1 aliphatic rings. The monoisotopic (exact) mass is 328 g/mol. The van der Waals surface area contributed by atoms with Crippen molar-refractivity contribution in [2.75, 3.05) is 13.7 Å². The fourth-order valence-corrected chi connectivity index (χ4v) is 3.55. The maximum absolute atomic E-state index is 12.9. The molecular formula is C19H24N2O3. The van der Waals surface area contributed by atoms with E-state index >= 15 is 0 Å². The van der Waals surface area contributed by atoms with E-state index in [9.17, 15) is 9.90 Å². The number of amides is 1. The van der Waals surface area contributed by atoms with Crippen LogP contribution in [0.2, 0.25) is 0 Å². The van der Waals surface area contributed by atoms with Gasteiger partial charge >= 0.3 is 0 Å². The molecule has 1 aromatic carbocycles. The van der Waals surface area contributed by atoms with Crippen LogP contribution in [0.5, 0.6) is 5.75 Å². The highest BCUT2D eigenvalue weighted by Gasteiger charge is 2.43. The minimum atomic E-state index is -1.11. The Morgan fingerprint density at radius 2 is 2.00 bits per heavy atom. The van der Waals surface area contributed by atoms with Crippen LogP contribution in [0.1, 0.15) is 35.8 Å². The molecule has 0 radical (unpaired) electrons. The Balaban J connectivity index is 1.88. The number of likely N-dealkylation sites (tertiary alicyclic amines) is 1. The molecular weight excluding hydrogens is 304 g/mol. The summed E-state index contributed by atoms with van der Waals surface area (Å²) in [5, 5.41) is 11.2. The third-order valence-corrected chi connectivity index (χ3v) is 5.00. The van der Waals surface area contributed by atoms with E-state index in [1.54, 1.807) is 18.9 Å². The van der Waals surface area contributed by atoms with Crippen molar-refractivity contribution in [3.05, 3.63) is 53.9 Å². The van der Waals surface area contributed by atoms with Gasteiger partial charge in [0.05, 0.1) is 13.2 Å². The van der Waals surface area contributed by atoms with Gasteiger partial charge in [0.15, 0.2) is 0 Å². The van der Waals surface area contributed by atoms with Crippen LogP contribution in [-0.4, -0.2) is 40.2 Å². The summed E-state index contributed by atoms with van der Waals surface area (Å²) >= 11 is 0. The van der Waals surface area contributed by atoms with Gasteiger partial charge in [-0.1, -0.05) is 12.1 Å². The number of hydrogen-bond donors (Lipinski definition) is 1. The van der Waals surface area contributed by atoms with Gasteiger partial charge in [0.2, 0.25) is 0 Å². The van der Waals surface area contributed by atoms with Gasteiger partial charge in [-0.3, -0.25) is 4.79 Å². The standard InChI is InChI=1S/C19H24N2O3/c1-19(23,14-8-10-15(24-3)11-9-14)17-7-5-13-21(17)18(22)16-6-4-12-20(16)2/h4,6,8-12,17,23H,5,7,13H2,1-3H3/t17-,19+/m0/s1. The van der Waals surface area contributed by atoms with Crippen LogP contribution >= 0.6 is 0 Å². The van der Waals surface area contributed by atoms with Gasteiger partial charge in [0, 0.05) is 19.8 Å². The Bertz CT molecular complexity index is 718. The second kappa shape index (κ2) is 6.32. The van der Waals surface area contributed by atoms with E-state index in [0.29, 0.717) is 12.2 Å². The first-order valence-corrected chi connectivity index (χ1v) is 8.24. The highest BCUT2D eigenvalue weighted by molar-refractivity contribution is 5.93. The molecule has 24 heavy (non-hydrogen) atoms. The first-order valence-electron chi connectivity index (χ1n) is 8.24. The maximum atomic E-state index is 12.9. The number of rotatable bonds is 4. The number of methoxy groups -OCH3 is 1. The smallest absolute Gasteiger partial charge is 0.270 e. The predicted octanol–water partition coefficient (Wildman–Crippen LogP) is 2.55. The summed E-state index contributed by atoms with van der Waals surface area (Å²) < 4.78 is 7.00. The largest absolute Gasteiger partial charge is 0.497 e. The summed E-state index contributed by atoms with van der Waals surface area (Å²) in [5.41, 5.74) is 0.330. The third-order valence-electron chi connectivity index (χ3n) is 5.00. The molecule has 5 heteroatoms. The average molecular weight is 328 g/mol. The van der Waals surface area contributed by atoms with E-state index in [4.69, 9.17) is 4.74 Å². The van der Waals surface area contributed by atoms with Crippen LogP contribution in [0.4, 0.5) is 0 Å². The fourth-order valence-electron chi connectivity index (χ4n) is 3.55. The second-order valence-electron chi connectivity index (χ2n) is 6.54. The van der Waals surface area contributed by atoms with Crippen LogP contribution in [0, 0.1) is 0 Å². The van der Waals surface area contributed by atoms with Crippen LogP contribution in [0.25, 0.3) is 0 Å². The molecule has 1 aliphatic heterocycles. The molecule has 0 aliphatic carbocycles. The van der Waals surface area contributed by atoms with Crippen LogP contribution < -0.4 is 4.74 Å². The summed E-state index contributed by atoms with van der Waals surface area (Å²) in [6, 6.07) is 10.8. The quantitative estimate of drug-likeness (QED) is 0.938. The lowest BCUT2D eigenvalue weighted by Crippen LogP contribution is -2.48. The Labute approximate surface area is 142 Å². The van der Waals surface area contributed by atoms with E-state index in [0.717, 1.165) is 24.2 Å². The number of hydrogen-bond acceptors (Lipinski definition) is 3. The molecule has 128 valence electrons. The Morgan fingerprint density at radius 3 is 2.58 bits per heavy atom. The zero-order chi connectivity index (χ0) is 17.3. The number of carbonyl (C=O) groups excluding carboxylic acids is 1. The molecule has 0 spiro atoms. The van der Waals surface area contributed by atoms with Crippen molar-refractivity contribution >= 4 is 5.91 Å². The first kappa shape index (κ1) is 16.6. The van der Waals surface area contributed by atoms with E-state index < -0.39 is 5.60 Å². The van der Waals surface area contributed by atoms with Crippen molar-refractivity contribution < 1.29 is 14.6 Å². The van der Waals surface area contributed by atoms with Crippen LogP contribution in [-0.2, 0) is 12.6 Å². The van der Waals surface area contributed by atoms with Crippen molar-refractivity contribution in [3.8, 4) is 5.75 Å². The van der Waals surface area contributed by atoms with E-state index in [2.05, 4.69) is 0 Å². The summed E-state index contributed by atoms with van der Waals surface area (Å²) in [7, 11) is 3.48. The van der Waals surface area contributed by atoms with Gasteiger partial charge in [-0.05, 0) is 49.6 Å². The van der Waals surface area contributed by atoms with Gasteiger partial charge in [-0.25, -0.2) is 0 Å². The number of aryl methyl sites for hydroxylation is 1. The van der Waals surface area contributed by atoms with Crippen LogP contribution in [0.15, 0.2) is 42.6 Å². The predicted molar refractivity (Wildman–Crippen MR) is 92.0 cm³/mol. The number of carbonyl (C=O) groups is 1. The van der Waals surface area contributed by atoms with E-state index in [1.165, 1.54) is 0 Å². The number of aliphatic hydroxyl groups is 1. The minimum absolute atomic E-state index is 0.0289. The molecule has 0 bridgehead atoms. The first-order chi connectivity index (χ1) is 11.4. The molecule has 0 unspecified atom stereocenters. The highest BCUT2D eigenvalue weighted by Crippen LogP contribution is 2.36. The molecule has 1 aromatic heterocycles. The molecule has 5 nitrogen and oxygen atoms in total. The number of aromatic nitrogens is 1. The Morgan fingerprint density at radius 1 is 1.29 bits per heavy atom. The van der Waals surface area contributed by atoms with E-state index in [1.807, 2.05) is 54.2 Å². The molecule has 2 atom stereocenters. The Hall–Kier alpha value is -2.27. The SMILES string of the molecule is COc1ccc([C@@](C)(O)[C@@H]2CCCN2C(=O)c2cccn2C)cc1. The zero-order valence-electron chi connectivity index (χ0n) is 14.4. The number of nitrogens with zero attached hydrogens (tertiary/aromatic N) is 2. The van der Waals surface area contributed by atoms with Gasteiger partial charge < -0.3 is 19.3 Å². The van der Waals surface area contributed by atoms with Crippen molar-refractivity contribution in [2.45, 2.75) is 31.4 Å². The highest BCUT2D eigenvalue weighted by atomic mass is 16.5. The van der Waals surface area contributed by atoms with E-state index in [-0.39, 0.29) is 11.9 Å². The van der Waals surface area contributed by atoms with Crippen molar-refractivity contribution in [1.29, 1.82) is 0 Å². The summed E-state index contributed by atoms with van der Waals surface area (Å²) in [6.45, 7) is 2.46. The maximum Gasteiger partial charge on any atom is 0.270 e. The van der Waals surface area contributed by atoms with Crippen LogP contribution in [0.3, 0.4) is 0 Å². The van der Waals surface area contributed by atoms with Gasteiger partial charge in [-0.2, -0.15) is 0 Å². The third kappa shape index (κ3) is 2.80. The fraction of sp³-hybridized carbons (Fsp3) is 0.421. The normalized spacial score (nSPS) is 20.0. The van der Waals surface area contributed by atoms with Gasteiger partial charge in [-0.15, -0.1) is 0 Å². The number of benzene rings is 1. The molecule has 2 heterocycles. The lowest BCUT2D eigenvalue weighted by Gasteiger charge is -2.37. The molecule has 1 saturated heterocycles. The molecule has 1 N–H and O–H groups in total. The minimum Gasteiger partial charge on any atom is -0.497 e. The van der Waals surface area contributed by atoms with Crippen molar-refractivity contribution in [2.24, 2.45) is 7.05 Å². The average Bonchev–Trinajstić information content (AvgIpc) is 3.23. The van der Waals surface area contributed by atoms with Gasteiger partial charge in [0.1, 0.15) is 17.0 Å². The summed E-state index contributed by atoms with van der Waals surface area (Å²) in [4.78, 5) is 14.7. The zero-order valence-corrected chi connectivity index (χ0v) is 14.4. The summed E-state index contributed by atoms with van der Waals surface area (Å²) in [6.07, 6.45) is 3.54. The molecule has 1 fully saturated rings. The lowest BCUT2D eigenvalue weighted by molar-refractivity contribution is -0.0180. The topological polar surface area (TPSA) is 54.7 Å². The molecule has 2 aromatic rings. The van der Waals surface area contributed by atoms with Crippen molar-refractivity contribution in [1.82, 2.24) is 9.47 Å². The van der Waals surface area contributed by atoms with Crippen molar-refractivity contribution in [3.63, 3.8) is 0 Å².